The van der Waals surface area contributed by atoms with Crippen LogP contribution >= 0.6 is 0 Å². The molecule has 1 aromatic heterocycles. The van der Waals surface area contributed by atoms with Gasteiger partial charge in [0.2, 0.25) is 0 Å². The summed E-state index contributed by atoms with van der Waals surface area (Å²) in [6, 6.07) is 2.17. The van der Waals surface area contributed by atoms with Gasteiger partial charge in [-0.15, -0.1) is 0 Å². The van der Waals surface area contributed by atoms with Gasteiger partial charge in [0.25, 0.3) is 10.0 Å². The highest BCUT2D eigenvalue weighted by molar-refractivity contribution is 7.90. The van der Waals surface area contributed by atoms with Crippen LogP contribution in [0.1, 0.15) is 56.5 Å². The summed E-state index contributed by atoms with van der Waals surface area (Å²) >= 11 is 0. The quantitative estimate of drug-likeness (QED) is 0.601. The molecule has 4 atom stereocenters. The molecule has 13 heteroatoms. The summed E-state index contributed by atoms with van der Waals surface area (Å²) in [6.07, 6.45) is 0.707. The molecule has 0 aliphatic carbocycles. The number of ether oxygens (including phenoxy) is 3. The normalized spacial score (nSPS) is 26.3. The van der Waals surface area contributed by atoms with E-state index in [2.05, 4.69) is 10.4 Å². The maximum absolute atomic E-state index is 14.7. The van der Waals surface area contributed by atoms with Gasteiger partial charge < -0.3 is 19.5 Å². The number of benzene rings is 1. The zero-order valence-corrected chi connectivity index (χ0v) is 22.3. The maximum atomic E-state index is 14.7. The van der Waals surface area contributed by atoms with Crippen molar-refractivity contribution < 1.29 is 36.2 Å². The number of carbonyl (C=O) groups excluding carboxylic acids is 1. The second-order valence-electron chi connectivity index (χ2n) is 11.0. The lowest BCUT2D eigenvalue weighted by molar-refractivity contribution is -0.0629. The molecular weight excluding hydrogens is 522 g/mol. The third-order valence-corrected chi connectivity index (χ3v) is 9.05. The monoisotopic (exact) mass is 554 g/mol. The Kier molecular flexibility index (Phi) is 7.22. The lowest BCUT2D eigenvalue weighted by Gasteiger charge is -2.40. The summed E-state index contributed by atoms with van der Waals surface area (Å²) in [5.41, 5.74) is 0.640. The number of halogens is 2. The van der Waals surface area contributed by atoms with Gasteiger partial charge in [-0.05, 0) is 51.8 Å². The number of nitrogens with one attached hydrogen (secondary N) is 1. The molecule has 10 nitrogen and oxygen atoms in total. The van der Waals surface area contributed by atoms with E-state index in [9.17, 15) is 22.0 Å². The number of nitrogens with zero attached hydrogens (tertiary/aromatic N) is 3. The molecule has 1 amide bonds. The van der Waals surface area contributed by atoms with Crippen molar-refractivity contribution in [2.24, 2.45) is 0 Å². The van der Waals surface area contributed by atoms with Gasteiger partial charge in [-0.25, -0.2) is 22.0 Å². The van der Waals surface area contributed by atoms with Crippen molar-refractivity contribution in [2.75, 3.05) is 19.8 Å². The van der Waals surface area contributed by atoms with E-state index in [1.807, 2.05) is 4.90 Å². The predicted octanol–water partition coefficient (Wildman–Crippen LogP) is 2.87. The lowest BCUT2D eigenvalue weighted by Crippen LogP contribution is -2.52. The van der Waals surface area contributed by atoms with Crippen LogP contribution < -0.4 is 5.32 Å². The van der Waals surface area contributed by atoms with Gasteiger partial charge in [0.1, 0.15) is 28.6 Å². The van der Waals surface area contributed by atoms with Crippen LogP contribution in [-0.2, 0) is 37.3 Å². The largest absolute Gasteiger partial charge is 0.444 e. The fraction of sp³-hybridized carbons (Fsp3) is 0.600. The molecule has 1 aromatic carbocycles. The standard InChI is InChI=1S/C25H32F2N4O6S/c1-25(2,3)37-24(32)29-21-9-17(13-36-23(21)19-8-16(26)4-5-20(19)27)30-11-15-10-28-31(22(15)12-30)38(33,34)18-6-7-35-14-18/h4-5,8,10,17-18,21,23H,6-7,9,11-14H2,1-3H3,(H,29,32)/t17-,18-,21+,23-/m1/s1. The minimum Gasteiger partial charge on any atom is -0.444 e. The van der Waals surface area contributed by atoms with Crippen LogP contribution in [0.5, 0.6) is 0 Å². The fourth-order valence-electron chi connectivity index (χ4n) is 5.22. The summed E-state index contributed by atoms with van der Waals surface area (Å²) in [7, 11) is -3.70. The summed E-state index contributed by atoms with van der Waals surface area (Å²) in [5, 5.41) is 6.30. The van der Waals surface area contributed by atoms with Crippen LogP contribution in [0, 0.1) is 11.6 Å². The second-order valence-corrected chi connectivity index (χ2v) is 13.0. The van der Waals surface area contributed by atoms with Gasteiger partial charge in [0.05, 0.1) is 31.1 Å². The molecule has 3 aliphatic rings. The molecule has 3 aliphatic heterocycles. The Morgan fingerprint density at radius 3 is 2.71 bits per heavy atom. The van der Waals surface area contributed by atoms with E-state index in [0.717, 1.165) is 27.8 Å². The minimum atomic E-state index is -3.70. The molecule has 0 saturated carbocycles. The molecule has 0 unspecified atom stereocenters. The van der Waals surface area contributed by atoms with Crippen LogP contribution in [0.3, 0.4) is 0 Å². The Morgan fingerprint density at radius 2 is 2.00 bits per heavy atom. The van der Waals surface area contributed by atoms with Crippen LogP contribution in [0.4, 0.5) is 13.6 Å². The highest BCUT2D eigenvalue weighted by Crippen LogP contribution is 2.36. The Hall–Kier alpha value is -2.61. The van der Waals surface area contributed by atoms with Gasteiger partial charge in [-0.2, -0.15) is 9.19 Å². The van der Waals surface area contributed by atoms with E-state index < -0.39 is 50.7 Å². The number of aromatic nitrogens is 2. The van der Waals surface area contributed by atoms with Crippen molar-refractivity contribution in [3.8, 4) is 0 Å². The summed E-state index contributed by atoms with van der Waals surface area (Å²) < 4.78 is 72.8. The average molecular weight is 555 g/mol. The fourth-order valence-corrected chi connectivity index (χ4v) is 6.83. The zero-order chi connectivity index (χ0) is 27.2. The van der Waals surface area contributed by atoms with Gasteiger partial charge in [0, 0.05) is 36.9 Å². The van der Waals surface area contributed by atoms with Gasteiger partial charge in [-0.3, -0.25) is 4.90 Å². The molecule has 2 fully saturated rings. The first-order valence-electron chi connectivity index (χ1n) is 12.6. The maximum Gasteiger partial charge on any atom is 0.407 e. The number of fused-ring (bicyclic) bond motifs is 1. The average Bonchev–Trinajstić information content (AvgIpc) is 3.57. The summed E-state index contributed by atoms with van der Waals surface area (Å²) in [6.45, 7) is 6.67. The Balaban J connectivity index is 1.35. The molecule has 208 valence electrons. The van der Waals surface area contributed by atoms with Crippen LogP contribution in [0.2, 0.25) is 0 Å². The Morgan fingerprint density at radius 1 is 1.21 bits per heavy atom. The first-order chi connectivity index (χ1) is 17.9. The van der Waals surface area contributed by atoms with E-state index in [1.165, 1.54) is 0 Å². The lowest BCUT2D eigenvalue weighted by atomic mass is 9.92. The van der Waals surface area contributed by atoms with Crippen molar-refractivity contribution >= 4 is 16.1 Å². The van der Waals surface area contributed by atoms with Crippen molar-refractivity contribution in [1.82, 2.24) is 19.4 Å². The highest BCUT2D eigenvalue weighted by atomic mass is 32.2. The molecule has 1 N–H and O–H groups in total. The molecular formula is C25H32F2N4O6S. The molecule has 38 heavy (non-hydrogen) atoms. The third kappa shape index (κ3) is 5.42. The van der Waals surface area contributed by atoms with Crippen molar-refractivity contribution in [3.63, 3.8) is 0 Å². The first-order valence-corrected chi connectivity index (χ1v) is 14.1. The van der Waals surface area contributed by atoms with Gasteiger partial charge in [0.15, 0.2) is 0 Å². The molecule has 4 heterocycles. The molecule has 2 aromatic rings. The molecule has 0 radical (unpaired) electrons. The SMILES string of the molecule is CC(C)(C)OC(=O)N[C@H]1C[C@@H](N2Cc3cnn(S(=O)(=O)[C@@H]4CCOC4)c3C2)CO[C@@H]1c1cc(F)ccc1F. The molecule has 2 saturated heterocycles. The molecule has 0 bridgehead atoms. The Bertz CT molecular complexity index is 1310. The smallest absolute Gasteiger partial charge is 0.407 e. The van der Waals surface area contributed by atoms with E-state index >= 15 is 0 Å². The van der Waals surface area contributed by atoms with Gasteiger partial charge in [-0.1, -0.05) is 0 Å². The zero-order valence-electron chi connectivity index (χ0n) is 21.5. The third-order valence-electron chi connectivity index (χ3n) is 7.04. The number of hydrogen-bond acceptors (Lipinski definition) is 8. The van der Waals surface area contributed by atoms with E-state index in [4.69, 9.17) is 14.2 Å². The molecule has 5 rings (SSSR count). The van der Waals surface area contributed by atoms with E-state index in [1.54, 1.807) is 27.0 Å². The van der Waals surface area contributed by atoms with Crippen molar-refractivity contribution in [3.05, 3.63) is 52.9 Å². The number of amides is 1. The van der Waals surface area contributed by atoms with E-state index in [0.29, 0.717) is 38.2 Å². The van der Waals surface area contributed by atoms with E-state index in [-0.39, 0.29) is 24.8 Å². The number of hydrogen-bond donors (Lipinski definition) is 1. The second kappa shape index (κ2) is 10.2. The van der Waals surface area contributed by atoms with Crippen molar-refractivity contribution in [2.45, 2.75) is 75.7 Å². The van der Waals surface area contributed by atoms with Crippen LogP contribution in [0.15, 0.2) is 24.4 Å². The number of rotatable bonds is 5. The highest BCUT2D eigenvalue weighted by Gasteiger charge is 2.42. The number of carbonyl (C=O) groups is 1. The number of alkyl carbamates (subject to hydrolysis) is 1. The van der Waals surface area contributed by atoms with Gasteiger partial charge >= 0.3 is 6.09 Å². The topological polar surface area (TPSA) is 112 Å². The first kappa shape index (κ1) is 27.0. The Labute approximate surface area is 220 Å². The summed E-state index contributed by atoms with van der Waals surface area (Å²) in [5.74, 6) is -1.25. The minimum absolute atomic E-state index is 0.00901. The van der Waals surface area contributed by atoms with Crippen LogP contribution in [0.25, 0.3) is 0 Å². The van der Waals surface area contributed by atoms with Crippen molar-refractivity contribution in [1.29, 1.82) is 0 Å². The molecule has 0 spiro atoms. The predicted molar refractivity (Wildman–Crippen MR) is 132 cm³/mol. The summed E-state index contributed by atoms with van der Waals surface area (Å²) in [4.78, 5) is 14.7. The van der Waals surface area contributed by atoms with Crippen LogP contribution in [-0.4, -0.2) is 71.4 Å².